The van der Waals surface area contributed by atoms with Crippen molar-refractivity contribution in [1.29, 1.82) is 0 Å². The van der Waals surface area contributed by atoms with Crippen molar-refractivity contribution < 1.29 is 18.7 Å². The van der Waals surface area contributed by atoms with E-state index in [9.17, 15) is 9.59 Å². The first-order valence-electron chi connectivity index (χ1n) is 9.23. The van der Waals surface area contributed by atoms with Gasteiger partial charge in [0.15, 0.2) is 0 Å². The van der Waals surface area contributed by atoms with Crippen LogP contribution >= 0.6 is 0 Å². The fraction of sp³-hybridized carbons (Fsp3) is 0.429. The molecule has 0 unspecified atom stereocenters. The average Bonchev–Trinajstić information content (AvgIpc) is 3.12. The van der Waals surface area contributed by atoms with Gasteiger partial charge in [0.1, 0.15) is 17.3 Å². The smallest absolute Gasteiger partial charge is 0.239 e. The molecular weight excluding hydrogens is 344 g/mol. The molecule has 2 amide bonds. The van der Waals surface area contributed by atoms with Gasteiger partial charge in [0.2, 0.25) is 11.8 Å². The molecule has 0 radical (unpaired) electrons. The number of hydrogen-bond donors (Lipinski definition) is 1. The summed E-state index contributed by atoms with van der Waals surface area (Å²) >= 11 is 0. The zero-order valence-electron chi connectivity index (χ0n) is 16.5. The van der Waals surface area contributed by atoms with E-state index >= 15 is 0 Å². The largest absolute Gasteiger partial charge is 0.497 e. The van der Waals surface area contributed by atoms with Gasteiger partial charge in [0.25, 0.3) is 0 Å². The van der Waals surface area contributed by atoms with E-state index in [-0.39, 0.29) is 24.4 Å². The molecule has 146 valence electrons. The number of benzene rings is 1. The molecule has 0 saturated heterocycles. The van der Waals surface area contributed by atoms with Crippen molar-refractivity contribution in [2.75, 3.05) is 20.2 Å². The van der Waals surface area contributed by atoms with Gasteiger partial charge in [-0.3, -0.25) is 9.59 Å². The Morgan fingerprint density at radius 1 is 1.15 bits per heavy atom. The Kier molecular flexibility index (Phi) is 7.46. The molecule has 0 fully saturated rings. The Morgan fingerprint density at radius 2 is 1.85 bits per heavy atom. The van der Waals surface area contributed by atoms with Gasteiger partial charge < -0.3 is 19.4 Å². The summed E-state index contributed by atoms with van der Waals surface area (Å²) < 4.78 is 11.0. The lowest BCUT2D eigenvalue weighted by Gasteiger charge is -2.21. The Morgan fingerprint density at radius 3 is 2.44 bits per heavy atom. The highest BCUT2D eigenvalue weighted by atomic mass is 16.5. The van der Waals surface area contributed by atoms with Crippen LogP contribution < -0.4 is 10.1 Å². The molecule has 1 aromatic carbocycles. The van der Waals surface area contributed by atoms with E-state index in [1.807, 2.05) is 57.2 Å². The summed E-state index contributed by atoms with van der Waals surface area (Å²) in [5.74, 6) is 2.09. The molecule has 0 atom stereocenters. The topological polar surface area (TPSA) is 71.8 Å². The molecule has 6 nitrogen and oxygen atoms in total. The Balaban J connectivity index is 1.90. The lowest BCUT2D eigenvalue weighted by molar-refractivity contribution is -0.136. The van der Waals surface area contributed by atoms with Gasteiger partial charge in [-0.15, -0.1) is 0 Å². The van der Waals surface area contributed by atoms with Crippen molar-refractivity contribution in [2.24, 2.45) is 0 Å². The first kappa shape index (κ1) is 20.6. The molecule has 27 heavy (non-hydrogen) atoms. The van der Waals surface area contributed by atoms with Gasteiger partial charge in [0.05, 0.1) is 13.7 Å². The summed E-state index contributed by atoms with van der Waals surface area (Å²) in [4.78, 5) is 25.8. The highest BCUT2D eigenvalue weighted by Gasteiger charge is 2.16. The summed E-state index contributed by atoms with van der Waals surface area (Å²) in [6, 6.07) is 11.5. The quantitative estimate of drug-likeness (QED) is 0.733. The standard InChI is InChI=1S/C21H28N2O4/c1-5-23(14-20(24)22-15(2)3)21(25)13-11-18-10-12-19(27-18)16-6-8-17(26-4)9-7-16/h6-10,12,15H,5,11,13-14H2,1-4H3,(H,22,24). The summed E-state index contributed by atoms with van der Waals surface area (Å²) in [7, 11) is 1.63. The van der Waals surface area contributed by atoms with Crippen LogP contribution in [-0.4, -0.2) is 43.0 Å². The minimum Gasteiger partial charge on any atom is -0.497 e. The third-order valence-corrected chi connectivity index (χ3v) is 4.14. The molecular formula is C21H28N2O4. The molecule has 0 aliphatic carbocycles. The van der Waals surface area contributed by atoms with Crippen molar-refractivity contribution in [1.82, 2.24) is 10.2 Å². The fourth-order valence-electron chi connectivity index (χ4n) is 2.73. The molecule has 0 aliphatic heterocycles. The normalized spacial score (nSPS) is 10.7. The molecule has 2 rings (SSSR count). The minimum atomic E-state index is -0.139. The molecule has 1 heterocycles. The second-order valence-corrected chi connectivity index (χ2v) is 6.62. The molecule has 0 bridgehead atoms. The number of nitrogens with one attached hydrogen (secondary N) is 1. The molecule has 0 spiro atoms. The maximum atomic E-state index is 12.4. The molecule has 2 aromatic rings. The highest BCUT2D eigenvalue weighted by molar-refractivity contribution is 5.85. The lowest BCUT2D eigenvalue weighted by Crippen LogP contribution is -2.42. The number of aryl methyl sites for hydroxylation is 1. The van der Waals surface area contributed by atoms with E-state index in [4.69, 9.17) is 9.15 Å². The summed E-state index contributed by atoms with van der Waals surface area (Å²) in [5.41, 5.74) is 0.953. The van der Waals surface area contributed by atoms with E-state index in [1.54, 1.807) is 12.0 Å². The van der Waals surface area contributed by atoms with Crippen molar-refractivity contribution in [3.05, 3.63) is 42.2 Å². The fourth-order valence-corrected chi connectivity index (χ4v) is 2.73. The van der Waals surface area contributed by atoms with E-state index < -0.39 is 0 Å². The van der Waals surface area contributed by atoms with Crippen molar-refractivity contribution in [3.63, 3.8) is 0 Å². The van der Waals surface area contributed by atoms with Crippen LogP contribution in [0.15, 0.2) is 40.8 Å². The highest BCUT2D eigenvalue weighted by Crippen LogP contribution is 2.25. The van der Waals surface area contributed by atoms with Crippen molar-refractivity contribution in [2.45, 2.75) is 39.7 Å². The SMILES string of the molecule is CCN(CC(=O)NC(C)C)C(=O)CCc1ccc(-c2ccc(OC)cc2)o1. The predicted octanol–water partition coefficient (Wildman–Crippen LogP) is 3.26. The monoisotopic (exact) mass is 372 g/mol. The molecule has 0 saturated carbocycles. The van der Waals surface area contributed by atoms with Crippen molar-refractivity contribution >= 4 is 11.8 Å². The number of amides is 2. The number of methoxy groups -OCH3 is 1. The first-order valence-corrected chi connectivity index (χ1v) is 9.23. The van der Waals surface area contributed by atoms with E-state index in [1.165, 1.54) is 0 Å². The Labute approximate surface area is 160 Å². The van der Waals surface area contributed by atoms with Crippen LogP contribution in [0.4, 0.5) is 0 Å². The van der Waals surface area contributed by atoms with Gasteiger partial charge in [-0.2, -0.15) is 0 Å². The number of nitrogens with zero attached hydrogens (tertiary/aromatic N) is 1. The molecule has 1 aromatic heterocycles. The van der Waals surface area contributed by atoms with Crippen molar-refractivity contribution in [3.8, 4) is 17.1 Å². The Bertz CT molecular complexity index is 750. The zero-order chi connectivity index (χ0) is 19.8. The van der Waals surface area contributed by atoms with E-state index in [0.717, 1.165) is 22.8 Å². The lowest BCUT2D eigenvalue weighted by atomic mass is 10.2. The van der Waals surface area contributed by atoms with Crippen LogP contribution in [0.25, 0.3) is 11.3 Å². The third-order valence-electron chi connectivity index (χ3n) is 4.14. The maximum absolute atomic E-state index is 12.4. The number of carbonyl (C=O) groups is 2. The number of ether oxygens (including phenoxy) is 1. The van der Waals surface area contributed by atoms with Crippen LogP contribution in [0.5, 0.6) is 5.75 Å². The second-order valence-electron chi connectivity index (χ2n) is 6.62. The van der Waals surface area contributed by atoms with E-state index in [2.05, 4.69) is 5.32 Å². The number of furan rings is 1. The second kappa shape index (κ2) is 9.80. The molecule has 1 N–H and O–H groups in total. The van der Waals surface area contributed by atoms with Gasteiger partial charge in [-0.1, -0.05) is 0 Å². The summed E-state index contributed by atoms with van der Waals surface area (Å²) in [6.45, 7) is 6.25. The van der Waals surface area contributed by atoms with Crippen LogP contribution in [0.2, 0.25) is 0 Å². The number of rotatable bonds is 9. The molecule has 0 aliphatic rings. The van der Waals surface area contributed by atoms with Crippen LogP contribution in [0.3, 0.4) is 0 Å². The van der Waals surface area contributed by atoms with E-state index in [0.29, 0.717) is 19.4 Å². The van der Waals surface area contributed by atoms with Gasteiger partial charge in [0, 0.05) is 31.0 Å². The van der Waals surface area contributed by atoms with Gasteiger partial charge in [-0.05, 0) is 57.2 Å². The van der Waals surface area contributed by atoms with Crippen LogP contribution in [0, 0.1) is 0 Å². The maximum Gasteiger partial charge on any atom is 0.239 e. The number of likely N-dealkylation sites (N-methyl/N-ethyl adjacent to an activating group) is 1. The first-order chi connectivity index (χ1) is 12.9. The third kappa shape index (κ3) is 6.16. The number of hydrogen-bond acceptors (Lipinski definition) is 4. The van der Waals surface area contributed by atoms with Gasteiger partial charge in [-0.25, -0.2) is 0 Å². The summed E-state index contributed by atoms with van der Waals surface area (Å²) in [6.07, 6.45) is 0.801. The average molecular weight is 372 g/mol. The number of carbonyl (C=O) groups excluding carboxylic acids is 2. The minimum absolute atomic E-state index is 0.0567. The zero-order valence-corrected chi connectivity index (χ0v) is 16.5. The van der Waals surface area contributed by atoms with Gasteiger partial charge >= 0.3 is 0 Å². The predicted molar refractivity (Wildman–Crippen MR) is 105 cm³/mol. The summed E-state index contributed by atoms with van der Waals surface area (Å²) in [5, 5.41) is 2.81. The Hall–Kier alpha value is -2.76. The van der Waals surface area contributed by atoms with Crippen LogP contribution in [0.1, 0.15) is 33.0 Å². The van der Waals surface area contributed by atoms with Crippen LogP contribution in [-0.2, 0) is 16.0 Å². The molecule has 6 heteroatoms.